The molecule has 1 spiro atoms. The van der Waals surface area contributed by atoms with Crippen LogP contribution in [0.15, 0.2) is 11.6 Å². The number of fused-ring (bicyclic) bond motifs is 2. The van der Waals surface area contributed by atoms with Crippen LogP contribution >= 0.6 is 0 Å². The predicted molar refractivity (Wildman–Crippen MR) is 63.1 cm³/mol. The molecule has 90 valence electrons. The van der Waals surface area contributed by atoms with Crippen molar-refractivity contribution >= 4 is 0 Å². The first kappa shape index (κ1) is 10.8. The summed E-state index contributed by atoms with van der Waals surface area (Å²) >= 11 is 0. The second-order valence-electron chi connectivity index (χ2n) is 5.95. The Bertz CT molecular complexity index is 317. The zero-order chi connectivity index (χ0) is 11.3. The first-order valence-corrected chi connectivity index (χ1v) is 6.65. The smallest absolute Gasteiger partial charge is 0.0975 e. The van der Waals surface area contributed by atoms with E-state index in [-0.39, 0.29) is 11.7 Å². The molecule has 2 aliphatic carbocycles. The van der Waals surface area contributed by atoms with Crippen molar-refractivity contribution < 1.29 is 9.84 Å². The first-order valence-electron chi connectivity index (χ1n) is 6.65. The summed E-state index contributed by atoms with van der Waals surface area (Å²) in [5.74, 6) is 1.68. The molecule has 0 bridgehead atoms. The normalized spacial score (nSPS) is 51.1. The summed E-state index contributed by atoms with van der Waals surface area (Å²) in [5, 5.41) is 10.3. The fraction of sp³-hybridized carbons (Fsp3) is 0.857. The van der Waals surface area contributed by atoms with E-state index in [9.17, 15) is 5.11 Å². The van der Waals surface area contributed by atoms with Gasteiger partial charge in [-0.05, 0) is 38.0 Å². The van der Waals surface area contributed by atoms with E-state index in [1.807, 2.05) is 0 Å². The lowest BCUT2D eigenvalue weighted by molar-refractivity contribution is -0.0246. The van der Waals surface area contributed by atoms with Crippen LogP contribution < -0.4 is 0 Å². The lowest BCUT2D eigenvalue weighted by atomic mass is 9.60. The molecule has 1 saturated carbocycles. The van der Waals surface area contributed by atoms with Crippen LogP contribution in [0.1, 0.15) is 39.5 Å². The fourth-order valence-electron chi connectivity index (χ4n) is 4.04. The van der Waals surface area contributed by atoms with Crippen molar-refractivity contribution in [1.29, 1.82) is 0 Å². The van der Waals surface area contributed by atoms with Gasteiger partial charge in [0.25, 0.3) is 0 Å². The molecule has 2 fully saturated rings. The molecule has 5 atom stereocenters. The van der Waals surface area contributed by atoms with Gasteiger partial charge in [0.2, 0.25) is 0 Å². The number of epoxide rings is 1. The molecule has 3 aliphatic rings. The monoisotopic (exact) mass is 222 g/mol. The molecule has 0 aromatic carbocycles. The molecule has 5 unspecified atom stereocenters. The molecular weight excluding hydrogens is 200 g/mol. The van der Waals surface area contributed by atoms with Gasteiger partial charge >= 0.3 is 0 Å². The van der Waals surface area contributed by atoms with Gasteiger partial charge in [0.1, 0.15) is 0 Å². The lowest BCUT2D eigenvalue weighted by Crippen LogP contribution is -2.48. The third-order valence-corrected chi connectivity index (χ3v) is 4.97. The minimum absolute atomic E-state index is 0.0625. The molecular formula is C14H22O2. The summed E-state index contributed by atoms with van der Waals surface area (Å²) in [6, 6.07) is 0. The van der Waals surface area contributed by atoms with Crippen LogP contribution in [0.2, 0.25) is 0 Å². The molecule has 2 nitrogen and oxygen atoms in total. The maximum absolute atomic E-state index is 10.3. The third-order valence-electron chi connectivity index (χ3n) is 4.97. The minimum Gasteiger partial charge on any atom is -0.392 e. The maximum Gasteiger partial charge on any atom is 0.0975 e. The fourth-order valence-corrected chi connectivity index (χ4v) is 4.04. The summed E-state index contributed by atoms with van der Waals surface area (Å²) in [7, 11) is 0. The summed E-state index contributed by atoms with van der Waals surface area (Å²) in [6.07, 6.45) is 6.77. The zero-order valence-electron chi connectivity index (χ0n) is 10.3. The van der Waals surface area contributed by atoms with Crippen molar-refractivity contribution in [2.24, 2.45) is 17.8 Å². The van der Waals surface area contributed by atoms with Crippen LogP contribution in [0.4, 0.5) is 0 Å². The molecule has 2 heteroatoms. The Morgan fingerprint density at radius 1 is 1.56 bits per heavy atom. The van der Waals surface area contributed by atoms with Crippen molar-refractivity contribution in [1.82, 2.24) is 0 Å². The number of hydrogen-bond acceptors (Lipinski definition) is 2. The van der Waals surface area contributed by atoms with Crippen LogP contribution in [0.5, 0.6) is 0 Å². The maximum atomic E-state index is 10.3. The number of aliphatic hydroxyl groups excluding tert-OH is 1. The number of aliphatic hydroxyl groups is 1. The van der Waals surface area contributed by atoms with E-state index in [0.29, 0.717) is 11.8 Å². The molecule has 0 amide bonds. The van der Waals surface area contributed by atoms with Crippen LogP contribution in [0.25, 0.3) is 0 Å². The van der Waals surface area contributed by atoms with Crippen LogP contribution in [0, 0.1) is 17.8 Å². The van der Waals surface area contributed by atoms with E-state index >= 15 is 0 Å². The molecule has 1 saturated heterocycles. The van der Waals surface area contributed by atoms with Crippen LogP contribution in [-0.4, -0.2) is 23.4 Å². The van der Waals surface area contributed by atoms with Crippen molar-refractivity contribution in [2.45, 2.75) is 51.2 Å². The van der Waals surface area contributed by atoms with Gasteiger partial charge in [-0.15, -0.1) is 0 Å². The SMILES string of the molecule is CCC1CCC2(CO2)C2C(O)CC(C)=CC12. The van der Waals surface area contributed by atoms with Gasteiger partial charge in [-0.1, -0.05) is 25.0 Å². The molecule has 1 aliphatic heterocycles. The molecule has 16 heavy (non-hydrogen) atoms. The average molecular weight is 222 g/mol. The minimum atomic E-state index is -0.174. The highest BCUT2D eigenvalue weighted by molar-refractivity contribution is 5.19. The number of ether oxygens (including phenoxy) is 1. The highest BCUT2D eigenvalue weighted by Crippen LogP contribution is 2.55. The Hall–Kier alpha value is -0.340. The van der Waals surface area contributed by atoms with E-state index in [2.05, 4.69) is 19.9 Å². The lowest BCUT2D eigenvalue weighted by Gasteiger charge is -2.45. The number of hydrogen-bond donors (Lipinski definition) is 1. The summed E-state index contributed by atoms with van der Waals surface area (Å²) in [5.41, 5.74) is 1.43. The molecule has 0 aromatic heterocycles. The highest BCUT2D eigenvalue weighted by Gasteiger charge is 2.60. The van der Waals surface area contributed by atoms with Gasteiger partial charge in [0.15, 0.2) is 0 Å². The predicted octanol–water partition coefficient (Wildman–Crippen LogP) is 2.52. The van der Waals surface area contributed by atoms with E-state index in [1.54, 1.807) is 0 Å². The Morgan fingerprint density at radius 3 is 2.94 bits per heavy atom. The zero-order valence-corrected chi connectivity index (χ0v) is 10.3. The van der Waals surface area contributed by atoms with E-state index < -0.39 is 0 Å². The highest BCUT2D eigenvalue weighted by atomic mass is 16.6. The van der Waals surface area contributed by atoms with Gasteiger partial charge in [-0.25, -0.2) is 0 Å². The van der Waals surface area contributed by atoms with Gasteiger partial charge in [-0.2, -0.15) is 0 Å². The molecule has 1 heterocycles. The average Bonchev–Trinajstić information content (AvgIpc) is 2.98. The summed E-state index contributed by atoms with van der Waals surface area (Å²) in [4.78, 5) is 0. The van der Waals surface area contributed by atoms with E-state index in [1.165, 1.54) is 18.4 Å². The van der Waals surface area contributed by atoms with Crippen molar-refractivity contribution in [3.8, 4) is 0 Å². The van der Waals surface area contributed by atoms with E-state index in [4.69, 9.17) is 4.74 Å². The van der Waals surface area contributed by atoms with Gasteiger partial charge in [-0.3, -0.25) is 0 Å². The first-order chi connectivity index (χ1) is 7.66. The second kappa shape index (κ2) is 3.58. The second-order valence-corrected chi connectivity index (χ2v) is 5.95. The molecule has 1 N–H and O–H groups in total. The number of rotatable bonds is 1. The molecule has 3 rings (SSSR count). The van der Waals surface area contributed by atoms with Gasteiger partial charge in [0, 0.05) is 5.92 Å². The Labute approximate surface area is 97.7 Å². The number of allylic oxidation sites excluding steroid dienone is 1. The van der Waals surface area contributed by atoms with Crippen LogP contribution in [-0.2, 0) is 4.74 Å². The molecule has 0 aromatic rings. The summed E-state index contributed by atoms with van der Waals surface area (Å²) < 4.78 is 5.72. The van der Waals surface area contributed by atoms with Crippen molar-refractivity contribution in [2.75, 3.05) is 6.61 Å². The van der Waals surface area contributed by atoms with E-state index in [0.717, 1.165) is 25.4 Å². The van der Waals surface area contributed by atoms with Crippen LogP contribution in [0.3, 0.4) is 0 Å². The summed E-state index contributed by atoms with van der Waals surface area (Å²) in [6.45, 7) is 5.31. The van der Waals surface area contributed by atoms with Gasteiger partial charge < -0.3 is 9.84 Å². The Morgan fingerprint density at radius 2 is 2.31 bits per heavy atom. The van der Waals surface area contributed by atoms with Crippen molar-refractivity contribution in [3.05, 3.63) is 11.6 Å². The molecule has 0 radical (unpaired) electrons. The quantitative estimate of drug-likeness (QED) is 0.546. The third kappa shape index (κ3) is 1.46. The standard InChI is InChI=1S/C14H22O2/c1-3-10-4-5-14(8-16-14)13-11(10)6-9(2)7-12(13)15/h6,10-13,15H,3-5,7-8H2,1-2H3. The topological polar surface area (TPSA) is 32.8 Å². The Balaban J connectivity index is 1.93. The van der Waals surface area contributed by atoms with Gasteiger partial charge in [0.05, 0.1) is 18.3 Å². The largest absolute Gasteiger partial charge is 0.392 e. The van der Waals surface area contributed by atoms with Crippen molar-refractivity contribution in [3.63, 3.8) is 0 Å². The Kier molecular flexibility index (Phi) is 2.41.